The van der Waals surface area contributed by atoms with Gasteiger partial charge in [-0.1, -0.05) is 11.6 Å². The second-order valence-corrected chi connectivity index (χ2v) is 4.73. The Hall–Kier alpha value is -1.95. The number of rotatable bonds is 3. The molecule has 0 aromatic heterocycles. The maximum atomic E-state index is 13.4. The molecule has 106 valence electrons. The molecule has 0 aliphatic carbocycles. The lowest BCUT2D eigenvalue weighted by molar-refractivity contribution is -0.142. The molecule has 0 saturated heterocycles. The van der Waals surface area contributed by atoms with Gasteiger partial charge in [0, 0.05) is 11.8 Å². The number of hydrazone groups is 1. The molecule has 1 atom stereocenters. The molecule has 1 amide bonds. The molecule has 7 heteroatoms. The Morgan fingerprint density at radius 2 is 2.25 bits per heavy atom. The highest BCUT2D eigenvalue weighted by atomic mass is 35.5. The zero-order valence-corrected chi connectivity index (χ0v) is 11.6. The van der Waals surface area contributed by atoms with Crippen molar-refractivity contribution in [3.63, 3.8) is 0 Å². The molecule has 1 heterocycles. The van der Waals surface area contributed by atoms with E-state index in [-0.39, 0.29) is 17.1 Å². The number of carbonyl (C=O) groups excluding carboxylic acids is 2. The summed E-state index contributed by atoms with van der Waals surface area (Å²) >= 11 is 5.59. The first-order valence-corrected chi connectivity index (χ1v) is 6.22. The molecule has 5 nitrogen and oxygen atoms in total. The first-order valence-electron chi connectivity index (χ1n) is 5.85. The minimum Gasteiger partial charge on any atom is -0.469 e. The normalized spacial score (nSPS) is 18.2. The Morgan fingerprint density at radius 1 is 1.55 bits per heavy atom. The summed E-state index contributed by atoms with van der Waals surface area (Å²) < 4.78 is 18.0. The lowest BCUT2D eigenvalue weighted by Gasteiger charge is -2.14. The van der Waals surface area contributed by atoms with E-state index in [1.165, 1.54) is 19.2 Å². The topological polar surface area (TPSA) is 59.0 Å². The number of anilines is 1. The van der Waals surface area contributed by atoms with Gasteiger partial charge < -0.3 is 4.74 Å². The summed E-state index contributed by atoms with van der Waals surface area (Å²) in [7, 11) is 1.25. The number of hydrogen-bond acceptors (Lipinski definition) is 4. The zero-order valence-electron chi connectivity index (χ0n) is 10.9. The minimum absolute atomic E-state index is 0.0350. The number of nitrogens with zero attached hydrogens (tertiary/aromatic N) is 2. The smallest absolute Gasteiger partial charge is 0.306 e. The van der Waals surface area contributed by atoms with Crippen molar-refractivity contribution < 1.29 is 18.7 Å². The third-order valence-corrected chi connectivity index (χ3v) is 3.32. The van der Waals surface area contributed by atoms with E-state index in [0.29, 0.717) is 5.71 Å². The molecule has 1 aliphatic rings. The van der Waals surface area contributed by atoms with Gasteiger partial charge in [-0.15, -0.1) is 0 Å². The number of carbonyl (C=O) groups is 2. The van der Waals surface area contributed by atoms with E-state index in [4.69, 9.17) is 11.6 Å². The fourth-order valence-electron chi connectivity index (χ4n) is 1.89. The molecule has 0 spiro atoms. The summed E-state index contributed by atoms with van der Waals surface area (Å²) in [5, 5.41) is 5.10. The Bertz CT molecular complexity index is 603. The van der Waals surface area contributed by atoms with Crippen molar-refractivity contribution in [3.05, 3.63) is 29.0 Å². The Morgan fingerprint density at radius 3 is 2.85 bits per heavy atom. The van der Waals surface area contributed by atoms with Crippen molar-refractivity contribution in [1.82, 2.24) is 0 Å². The van der Waals surface area contributed by atoms with Crippen molar-refractivity contribution in [3.8, 4) is 0 Å². The number of halogens is 2. The summed E-state index contributed by atoms with van der Waals surface area (Å²) in [6, 6.07) is 3.95. The lowest BCUT2D eigenvalue weighted by atomic mass is 10.0. The average Bonchev–Trinajstić information content (AvgIpc) is 2.69. The van der Waals surface area contributed by atoms with E-state index in [1.807, 2.05) is 0 Å². The van der Waals surface area contributed by atoms with Crippen molar-refractivity contribution in [2.45, 2.75) is 13.3 Å². The monoisotopic (exact) mass is 298 g/mol. The molecule has 0 fully saturated rings. The highest BCUT2D eigenvalue weighted by molar-refractivity contribution is 6.30. The molecule has 1 aliphatic heterocycles. The predicted molar refractivity (Wildman–Crippen MR) is 72.1 cm³/mol. The quantitative estimate of drug-likeness (QED) is 0.805. The van der Waals surface area contributed by atoms with Gasteiger partial charge >= 0.3 is 5.97 Å². The molecule has 0 bridgehead atoms. The van der Waals surface area contributed by atoms with Gasteiger partial charge in [0.1, 0.15) is 5.82 Å². The van der Waals surface area contributed by atoms with Crippen molar-refractivity contribution >= 4 is 34.9 Å². The molecule has 20 heavy (non-hydrogen) atoms. The zero-order chi connectivity index (χ0) is 14.9. The minimum atomic E-state index is -0.679. The Labute approximate surface area is 120 Å². The largest absolute Gasteiger partial charge is 0.469 e. The van der Waals surface area contributed by atoms with E-state index in [0.717, 1.165) is 11.1 Å². The van der Waals surface area contributed by atoms with Gasteiger partial charge in [0.15, 0.2) is 0 Å². The fourth-order valence-corrected chi connectivity index (χ4v) is 2.01. The lowest BCUT2D eigenvalue weighted by Crippen LogP contribution is -2.29. The van der Waals surface area contributed by atoms with Gasteiger partial charge in [-0.2, -0.15) is 5.10 Å². The maximum Gasteiger partial charge on any atom is 0.306 e. The molecular weight excluding hydrogens is 287 g/mol. The molecule has 0 radical (unpaired) electrons. The van der Waals surface area contributed by atoms with Crippen LogP contribution in [0.25, 0.3) is 0 Å². The van der Waals surface area contributed by atoms with Crippen LogP contribution in [0.2, 0.25) is 5.02 Å². The molecule has 1 aromatic carbocycles. The van der Waals surface area contributed by atoms with Crippen LogP contribution in [0.4, 0.5) is 10.1 Å². The van der Waals surface area contributed by atoms with E-state index in [2.05, 4.69) is 9.84 Å². The summed E-state index contributed by atoms with van der Waals surface area (Å²) in [5.74, 6) is -2.21. The molecule has 1 aromatic rings. The van der Waals surface area contributed by atoms with Crippen molar-refractivity contribution in [2.75, 3.05) is 12.1 Å². The van der Waals surface area contributed by atoms with E-state index in [1.54, 1.807) is 6.92 Å². The number of methoxy groups -OCH3 is 1. The number of esters is 1. The third kappa shape index (κ3) is 2.65. The van der Waals surface area contributed by atoms with E-state index in [9.17, 15) is 14.0 Å². The van der Waals surface area contributed by atoms with Crippen molar-refractivity contribution in [2.24, 2.45) is 11.0 Å². The van der Waals surface area contributed by atoms with Gasteiger partial charge in [-0.3, -0.25) is 9.59 Å². The predicted octanol–water partition coefficient (Wildman–Crippen LogP) is 2.38. The first kappa shape index (κ1) is 14.5. The summed E-state index contributed by atoms with van der Waals surface area (Å²) in [4.78, 5) is 23.5. The number of ether oxygens (including phenoxy) is 1. The number of hydrogen-bond donors (Lipinski definition) is 0. The molecular formula is C13H12ClFN2O3. The Balaban J connectivity index is 2.25. The average molecular weight is 299 g/mol. The molecule has 2 rings (SSSR count). The van der Waals surface area contributed by atoms with Crippen LogP contribution in [0, 0.1) is 11.7 Å². The van der Waals surface area contributed by atoms with Crippen LogP contribution in [0.5, 0.6) is 0 Å². The molecule has 0 N–H and O–H groups in total. The SMILES string of the molecule is COC(=O)CC1C(=O)N(c2ccc(Cl)c(F)c2)N=C1C. The van der Waals surface area contributed by atoms with Gasteiger partial charge in [0.05, 0.1) is 30.2 Å². The second-order valence-electron chi connectivity index (χ2n) is 4.32. The summed E-state index contributed by atoms with van der Waals surface area (Å²) in [6.45, 7) is 1.64. The van der Waals surface area contributed by atoms with Crippen LogP contribution in [0.3, 0.4) is 0 Å². The van der Waals surface area contributed by atoms with E-state index < -0.39 is 23.6 Å². The highest BCUT2D eigenvalue weighted by Gasteiger charge is 2.36. The number of amides is 1. The number of benzene rings is 1. The third-order valence-electron chi connectivity index (χ3n) is 3.02. The van der Waals surface area contributed by atoms with Crippen LogP contribution in [-0.2, 0) is 14.3 Å². The van der Waals surface area contributed by atoms with E-state index >= 15 is 0 Å². The summed E-state index contributed by atoms with van der Waals surface area (Å²) in [5.41, 5.74) is 0.749. The Kier molecular flexibility index (Phi) is 4.04. The van der Waals surface area contributed by atoms with Crippen LogP contribution in [-0.4, -0.2) is 24.7 Å². The van der Waals surface area contributed by atoms with Crippen LogP contribution >= 0.6 is 11.6 Å². The van der Waals surface area contributed by atoms with Crippen LogP contribution < -0.4 is 5.01 Å². The maximum absolute atomic E-state index is 13.4. The van der Waals surface area contributed by atoms with Gasteiger partial charge in [0.2, 0.25) is 0 Å². The van der Waals surface area contributed by atoms with Crippen LogP contribution in [0.15, 0.2) is 23.3 Å². The highest BCUT2D eigenvalue weighted by Crippen LogP contribution is 2.28. The van der Waals surface area contributed by atoms with Gasteiger partial charge in [-0.05, 0) is 19.1 Å². The van der Waals surface area contributed by atoms with Gasteiger partial charge in [-0.25, -0.2) is 9.40 Å². The molecule has 0 saturated carbocycles. The van der Waals surface area contributed by atoms with Gasteiger partial charge in [0.25, 0.3) is 5.91 Å². The van der Waals surface area contributed by atoms with Crippen LogP contribution in [0.1, 0.15) is 13.3 Å². The second kappa shape index (κ2) is 5.58. The fraction of sp³-hybridized carbons (Fsp3) is 0.308. The standard InChI is InChI=1S/C13H12ClFN2O3/c1-7-9(6-12(18)20-2)13(19)17(16-7)8-3-4-10(14)11(15)5-8/h3-5,9H,6H2,1-2H3. The summed E-state index contributed by atoms with van der Waals surface area (Å²) in [6.07, 6.45) is -0.0861. The first-order chi connectivity index (χ1) is 9.43. The van der Waals surface area contributed by atoms with Crippen molar-refractivity contribution in [1.29, 1.82) is 0 Å². The molecule has 1 unspecified atom stereocenters.